The van der Waals surface area contributed by atoms with E-state index in [0.29, 0.717) is 23.8 Å². The summed E-state index contributed by atoms with van der Waals surface area (Å²) in [5, 5.41) is 3.16. The molecule has 1 aliphatic heterocycles. The maximum absolute atomic E-state index is 11.5. The molecular weight excluding hydrogens is 150 g/mol. The fraction of sp³-hybridized carbons (Fsp3) is 0.900. The highest BCUT2D eigenvalue weighted by Crippen LogP contribution is 2.51. The van der Waals surface area contributed by atoms with Crippen LogP contribution in [0.4, 0.5) is 0 Å². The molecule has 2 nitrogen and oxygen atoms in total. The molecule has 1 N–H and O–H groups in total. The van der Waals surface area contributed by atoms with Crippen LogP contribution >= 0.6 is 0 Å². The molecule has 4 rings (SSSR count). The first kappa shape index (κ1) is 6.93. The molecule has 0 aromatic carbocycles. The Balaban J connectivity index is 2.00. The Labute approximate surface area is 72.7 Å². The molecule has 1 heterocycles. The smallest absolute Gasteiger partial charge is 0.223 e. The molecule has 4 aliphatic rings. The van der Waals surface area contributed by atoms with Crippen LogP contribution in [0.1, 0.15) is 26.2 Å². The molecular formula is C10H15NO. The lowest BCUT2D eigenvalue weighted by atomic mass is 9.60. The van der Waals surface area contributed by atoms with Crippen molar-refractivity contribution in [3.05, 3.63) is 0 Å². The largest absolute Gasteiger partial charge is 0.353 e. The predicted octanol–water partition coefficient (Wildman–Crippen LogP) is 1.17. The number of fused-ring (bicyclic) bond motifs is 1. The summed E-state index contributed by atoms with van der Waals surface area (Å²) in [6, 6.07) is 0.537. The van der Waals surface area contributed by atoms with Gasteiger partial charge in [0.05, 0.1) is 0 Å². The minimum Gasteiger partial charge on any atom is -0.353 e. The van der Waals surface area contributed by atoms with E-state index in [1.54, 1.807) is 0 Å². The van der Waals surface area contributed by atoms with Gasteiger partial charge in [-0.25, -0.2) is 0 Å². The normalized spacial score (nSPS) is 55.8. The molecule has 1 saturated heterocycles. The first-order valence-corrected chi connectivity index (χ1v) is 5.08. The van der Waals surface area contributed by atoms with E-state index in [9.17, 15) is 4.79 Å². The quantitative estimate of drug-likeness (QED) is 0.573. The van der Waals surface area contributed by atoms with Crippen LogP contribution in [0.2, 0.25) is 0 Å². The molecule has 0 aromatic heterocycles. The third kappa shape index (κ3) is 0.644. The van der Waals surface area contributed by atoms with Gasteiger partial charge in [0.25, 0.3) is 0 Å². The van der Waals surface area contributed by atoms with Crippen LogP contribution in [-0.4, -0.2) is 11.9 Å². The predicted molar refractivity (Wildman–Crippen MR) is 45.4 cm³/mol. The van der Waals surface area contributed by atoms with Crippen molar-refractivity contribution in [1.29, 1.82) is 0 Å². The van der Waals surface area contributed by atoms with Crippen molar-refractivity contribution in [1.82, 2.24) is 5.32 Å². The number of carbonyl (C=O) groups is 1. The Morgan fingerprint density at radius 1 is 1.42 bits per heavy atom. The summed E-state index contributed by atoms with van der Waals surface area (Å²) in [4.78, 5) is 11.5. The van der Waals surface area contributed by atoms with E-state index in [4.69, 9.17) is 0 Å². The van der Waals surface area contributed by atoms with E-state index in [1.165, 1.54) is 19.3 Å². The summed E-state index contributed by atoms with van der Waals surface area (Å²) in [5.74, 6) is 3.01. The standard InChI is InChI=1S/C10H15NO/c1-5-6-2-3-7-8(4-6)10(12)11-9(5)7/h5-9H,2-4H2,1H3,(H,11,12). The van der Waals surface area contributed by atoms with Crippen LogP contribution in [-0.2, 0) is 4.79 Å². The van der Waals surface area contributed by atoms with E-state index in [-0.39, 0.29) is 0 Å². The Morgan fingerprint density at radius 2 is 2.25 bits per heavy atom. The van der Waals surface area contributed by atoms with Crippen molar-refractivity contribution in [2.45, 2.75) is 32.2 Å². The van der Waals surface area contributed by atoms with Crippen LogP contribution in [0.25, 0.3) is 0 Å². The fourth-order valence-electron chi connectivity index (χ4n) is 3.63. The van der Waals surface area contributed by atoms with E-state index < -0.39 is 0 Å². The SMILES string of the molecule is CC1C2CCC3C(C2)C(=O)NC13. The van der Waals surface area contributed by atoms with Crippen LogP contribution in [0.5, 0.6) is 0 Å². The topological polar surface area (TPSA) is 29.1 Å². The lowest BCUT2D eigenvalue weighted by molar-refractivity contribution is -0.123. The van der Waals surface area contributed by atoms with Crippen molar-refractivity contribution in [2.24, 2.45) is 23.7 Å². The minimum atomic E-state index is 0.346. The van der Waals surface area contributed by atoms with Crippen molar-refractivity contribution in [2.75, 3.05) is 0 Å². The van der Waals surface area contributed by atoms with Gasteiger partial charge >= 0.3 is 0 Å². The Hall–Kier alpha value is -0.530. The number of rotatable bonds is 0. The van der Waals surface area contributed by atoms with Crippen LogP contribution in [0.3, 0.4) is 0 Å². The maximum atomic E-state index is 11.5. The zero-order valence-corrected chi connectivity index (χ0v) is 7.42. The lowest BCUT2D eigenvalue weighted by Crippen LogP contribution is -2.45. The summed E-state index contributed by atoms with van der Waals surface area (Å²) < 4.78 is 0. The van der Waals surface area contributed by atoms with Crippen LogP contribution in [0.15, 0.2) is 0 Å². The number of nitrogens with one attached hydrogen (secondary N) is 1. The van der Waals surface area contributed by atoms with Gasteiger partial charge in [0.15, 0.2) is 0 Å². The van der Waals surface area contributed by atoms with Crippen molar-refractivity contribution < 1.29 is 4.79 Å². The Kier molecular flexibility index (Phi) is 1.18. The van der Waals surface area contributed by atoms with Crippen molar-refractivity contribution in [3.63, 3.8) is 0 Å². The van der Waals surface area contributed by atoms with Gasteiger partial charge in [-0.2, -0.15) is 0 Å². The molecule has 0 aromatic rings. The summed E-state index contributed by atoms with van der Waals surface area (Å²) in [6.45, 7) is 2.31. The Bertz CT molecular complexity index is 238. The second-order valence-corrected chi connectivity index (χ2v) is 4.74. The van der Waals surface area contributed by atoms with Gasteiger partial charge in [-0.3, -0.25) is 4.79 Å². The molecule has 3 saturated carbocycles. The third-order valence-electron chi connectivity index (χ3n) is 4.36. The molecule has 2 heteroatoms. The third-order valence-corrected chi connectivity index (χ3v) is 4.36. The maximum Gasteiger partial charge on any atom is 0.223 e. The van der Waals surface area contributed by atoms with Crippen molar-refractivity contribution >= 4 is 5.91 Å². The zero-order valence-electron chi connectivity index (χ0n) is 7.42. The van der Waals surface area contributed by atoms with Gasteiger partial charge in [-0.15, -0.1) is 0 Å². The molecule has 1 amide bonds. The summed E-state index contributed by atoms with van der Waals surface area (Å²) in [6.07, 6.45) is 3.84. The highest BCUT2D eigenvalue weighted by Gasteiger charge is 2.54. The number of carbonyl (C=O) groups excluding carboxylic acids is 1. The Morgan fingerprint density at radius 3 is 3.00 bits per heavy atom. The van der Waals surface area contributed by atoms with Gasteiger partial charge in [-0.05, 0) is 37.0 Å². The molecule has 4 fully saturated rings. The molecule has 5 atom stereocenters. The van der Waals surface area contributed by atoms with Crippen molar-refractivity contribution in [3.8, 4) is 0 Å². The number of amides is 1. The first-order chi connectivity index (χ1) is 5.77. The van der Waals surface area contributed by atoms with Gasteiger partial charge in [0.1, 0.15) is 0 Å². The molecule has 0 radical (unpaired) electrons. The van der Waals surface area contributed by atoms with E-state index >= 15 is 0 Å². The molecule has 0 spiro atoms. The minimum absolute atomic E-state index is 0.346. The average Bonchev–Trinajstić information content (AvgIpc) is 2.37. The monoisotopic (exact) mass is 165 g/mol. The fourth-order valence-corrected chi connectivity index (χ4v) is 3.63. The summed E-state index contributed by atoms with van der Waals surface area (Å²) >= 11 is 0. The van der Waals surface area contributed by atoms with E-state index in [1.807, 2.05) is 0 Å². The molecule has 12 heavy (non-hydrogen) atoms. The van der Waals surface area contributed by atoms with Gasteiger partial charge in [0, 0.05) is 12.0 Å². The van der Waals surface area contributed by atoms with Gasteiger partial charge in [0.2, 0.25) is 5.91 Å². The summed E-state index contributed by atoms with van der Waals surface area (Å²) in [7, 11) is 0. The lowest BCUT2D eigenvalue weighted by Gasteiger charge is -2.44. The molecule has 4 bridgehead atoms. The molecule has 66 valence electrons. The van der Waals surface area contributed by atoms with Gasteiger partial charge in [-0.1, -0.05) is 6.92 Å². The average molecular weight is 165 g/mol. The van der Waals surface area contributed by atoms with Crippen LogP contribution in [0, 0.1) is 23.7 Å². The zero-order chi connectivity index (χ0) is 8.29. The number of hydrogen-bond acceptors (Lipinski definition) is 1. The highest BCUT2D eigenvalue weighted by atomic mass is 16.2. The summed E-state index contributed by atoms with van der Waals surface area (Å²) in [5.41, 5.74) is 0. The molecule has 3 aliphatic carbocycles. The van der Waals surface area contributed by atoms with E-state index in [0.717, 1.165) is 11.8 Å². The second kappa shape index (κ2) is 2.04. The second-order valence-electron chi connectivity index (χ2n) is 4.74. The van der Waals surface area contributed by atoms with E-state index in [2.05, 4.69) is 12.2 Å². The highest BCUT2D eigenvalue weighted by molar-refractivity contribution is 5.82. The van der Waals surface area contributed by atoms with Crippen LogP contribution < -0.4 is 5.32 Å². The van der Waals surface area contributed by atoms with Gasteiger partial charge < -0.3 is 5.32 Å². The first-order valence-electron chi connectivity index (χ1n) is 5.08. The molecule has 5 unspecified atom stereocenters. The number of hydrogen-bond donors (Lipinski definition) is 1.